The second-order valence-electron chi connectivity index (χ2n) is 4.69. The fourth-order valence-electron chi connectivity index (χ4n) is 2.32. The van der Waals surface area contributed by atoms with Gasteiger partial charge in [0.25, 0.3) is 0 Å². The van der Waals surface area contributed by atoms with Crippen LogP contribution in [-0.2, 0) is 11.2 Å². The number of carbonyl (C=O) groups excluding carboxylic acids is 1. The quantitative estimate of drug-likeness (QED) is 0.929. The minimum Gasteiger partial charge on any atom is -0.374 e. The molecule has 1 amide bonds. The molecule has 1 aliphatic heterocycles. The van der Waals surface area contributed by atoms with Crippen molar-refractivity contribution in [2.24, 2.45) is 0 Å². The first-order chi connectivity index (χ1) is 8.66. The summed E-state index contributed by atoms with van der Waals surface area (Å²) in [4.78, 5) is 13.5. The van der Waals surface area contributed by atoms with Gasteiger partial charge in [0.1, 0.15) is 6.23 Å². The van der Waals surface area contributed by atoms with Crippen LogP contribution in [0.2, 0.25) is 0 Å². The summed E-state index contributed by atoms with van der Waals surface area (Å²) in [6.07, 6.45) is 3.33. The number of likely N-dealkylation sites (tertiary alicyclic amines) is 1. The molecule has 1 atom stereocenters. The molecule has 0 aliphatic carbocycles. The Hall–Kier alpha value is -0.870. The molecule has 1 aromatic rings. The lowest BCUT2D eigenvalue weighted by Crippen LogP contribution is -2.35. The molecular formula is C14H18BrNO2. The molecule has 0 saturated carbocycles. The van der Waals surface area contributed by atoms with E-state index in [2.05, 4.69) is 28.1 Å². The fraction of sp³-hybridized carbons (Fsp3) is 0.500. The molecule has 2 rings (SSSR count). The van der Waals surface area contributed by atoms with E-state index in [0.29, 0.717) is 13.0 Å². The highest BCUT2D eigenvalue weighted by Gasteiger charge is 2.25. The Morgan fingerprint density at radius 2 is 2.33 bits per heavy atom. The summed E-state index contributed by atoms with van der Waals surface area (Å²) in [7, 11) is 0. The second-order valence-corrected chi connectivity index (χ2v) is 5.61. The summed E-state index contributed by atoms with van der Waals surface area (Å²) in [6, 6.07) is 8.15. The Kier molecular flexibility index (Phi) is 4.78. The molecule has 1 N–H and O–H groups in total. The third-order valence-corrected chi connectivity index (χ3v) is 3.78. The molecule has 1 unspecified atom stereocenters. The lowest BCUT2D eigenvalue weighted by atomic mass is 10.1. The molecule has 4 heteroatoms. The van der Waals surface area contributed by atoms with Crippen LogP contribution in [0.25, 0.3) is 0 Å². The van der Waals surface area contributed by atoms with Crippen LogP contribution in [0, 0.1) is 0 Å². The Labute approximate surface area is 116 Å². The number of hydrogen-bond acceptors (Lipinski definition) is 2. The van der Waals surface area contributed by atoms with Gasteiger partial charge in [-0.25, -0.2) is 0 Å². The van der Waals surface area contributed by atoms with Crippen molar-refractivity contribution in [3.63, 3.8) is 0 Å². The number of hydrogen-bond donors (Lipinski definition) is 1. The topological polar surface area (TPSA) is 40.5 Å². The van der Waals surface area contributed by atoms with Gasteiger partial charge >= 0.3 is 0 Å². The number of carbonyl (C=O) groups is 1. The molecule has 0 bridgehead atoms. The first kappa shape index (κ1) is 13.6. The van der Waals surface area contributed by atoms with Crippen molar-refractivity contribution >= 4 is 21.8 Å². The van der Waals surface area contributed by atoms with E-state index in [-0.39, 0.29) is 5.91 Å². The van der Waals surface area contributed by atoms with Crippen molar-refractivity contribution < 1.29 is 9.90 Å². The van der Waals surface area contributed by atoms with Crippen LogP contribution in [0.1, 0.15) is 31.2 Å². The summed E-state index contributed by atoms with van der Waals surface area (Å²) in [5.41, 5.74) is 1.24. The van der Waals surface area contributed by atoms with Crippen molar-refractivity contribution in [2.75, 3.05) is 6.54 Å². The lowest BCUT2D eigenvalue weighted by molar-refractivity contribution is -0.137. The molecule has 18 heavy (non-hydrogen) atoms. The Bertz CT molecular complexity index is 422. The minimum atomic E-state index is -0.552. The van der Waals surface area contributed by atoms with E-state index in [9.17, 15) is 9.90 Å². The van der Waals surface area contributed by atoms with Gasteiger partial charge in [-0.1, -0.05) is 28.1 Å². The van der Waals surface area contributed by atoms with Crippen LogP contribution in [0.5, 0.6) is 0 Å². The standard InChI is InChI=1S/C14H18BrNO2/c15-12-6-1-4-11(10-12)5-2-7-13(17)16-9-3-8-14(16)18/h1,4,6,10,14,18H,2-3,5,7-9H2. The van der Waals surface area contributed by atoms with E-state index >= 15 is 0 Å². The number of nitrogens with zero attached hydrogens (tertiary/aromatic N) is 1. The normalized spacial score (nSPS) is 19.2. The van der Waals surface area contributed by atoms with Gasteiger partial charge in [-0.2, -0.15) is 0 Å². The molecule has 3 nitrogen and oxygen atoms in total. The zero-order valence-electron chi connectivity index (χ0n) is 10.3. The predicted octanol–water partition coefficient (Wildman–Crippen LogP) is 2.71. The first-order valence-corrected chi connectivity index (χ1v) is 7.18. The molecule has 98 valence electrons. The van der Waals surface area contributed by atoms with E-state index in [4.69, 9.17) is 0 Å². The summed E-state index contributed by atoms with van der Waals surface area (Å²) in [5, 5.41) is 9.61. The maximum Gasteiger partial charge on any atom is 0.224 e. The molecular weight excluding hydrogens is 294 g/mol. The summed E-state index contributed by atoms with van der Waals surface area (Å²) in [6.45, 7) is 0.705. The van der Waals surface area contributed by atoms with Crippen molar-refractivity contribution in [1.29, 1.82) is 0 Å². The van der Waals surface area contributed by atoms with Crippen molar-refractivity contribution in [2.45, 2.75) is 38.3 Å². The zero-order valence-corrected chi connectivity index (χ0v) is 11.9. The number of aliphatic hydroxyl groups excluding tert-OH is 1. The van der Waals surface area contributed by atoms with Crippen LogP contribution < -0.4 is 0 Å². The molecule has 1 fully saturated rings. The Morgan fingerprint density at radius 3 is 3.00 bits per heavy atom. The number of rotatable bonds is 4. The largest absolute Gasteiger partial charge is 0.374 e. The highest BCUT2D eigenvalue weighted by atomic mass is 79.9. The van der Waals surface area contributed by atoms with Crippen LogP contribution in [-0.4, -0.2) is 28.7 Å². The Morgan fingerprint density at radius 1 is 1.50 bits per heavy atom. The highest BCUT2D eigenvalue weighted by Crippen LogP contribution is 2.17. The van der Waals surface area contributed by atoms with E-state index in [1.165, 1.54) is 5.56 Å². The van der Waals surface area contributed by atoms with Crippen molar-refractivity contribution in [3.05, 3.63) is 34.3 Å². The molecule has 1 aromatic carbocycles. The fourth-order valence-corrected chi connectivity index (χ4v) is 2.77. The third kappa shape index (κ3) is 3.56. The van der Waals surface area contributed by atoms with E-state index < -0.39 is 6.23 Å². The smallest absolute Gasteiger partial charge is 0.224 e. The summed E-state index contributed by atoms with van der Waals surface area (Å²) >= 11 is 3.44. The van der Waals surface area contributed by atoms with Crippen molar-refractivity contribution in [1.82, 2.24) is 4.90 Å². The monoisotopic (exact) mass is 311 g/mol. The van der Waals surface area contributed by atoms with E-state index in [1.807, 2.05) is 12.1 Å². The van der Waals surface area contributed by atoms with Gasteiger partial charge in [0.15, 0.2) is 0 Å². The zero-order chi connectivity index (χ0) is 13.0. The first-order valence-electron chi connectivity index (χ1n) is 6.39. The lowest BCUT2D eigenvalue weighted by Gasteiger charge is -2.20. The minimum absolute atomic E-state index is 0.0787. The number of benzene rings is 1. The van der Waals surface area contributed by atoms with Gasteiger partial charge < -0.3 is 10.0 Å². The molecule has 1 saturated heterocycles. The van der Waals surface area contributed by atoms with Gasteiger partial charge in [0.05, 0.1) is 0 Å². The van der Waals surface area contributed by atoms with Crippen LogP contribution in [0.4, 0.5) is 0 Å². The van der Waals surface area contributed by atoms with Gasteiger partial charge in [0.2, 0.25) is 5.91 Å². The van der Waals surface area contributed by atoms with Crippen LogP contribution >= 0.6 is 15.9 Å². The molecule has 0 spiro atoms. The SMILES string of the molecule is O=C(CCCc1cccc(Br)c1)N1CCCC1O. The van der Waals surface area contributed by atoms with Crippen LogP contribution in [0.3, 0.4) is 0 Å². The Balaban J connectivity index is 1.77. The molecule has 1 heterocycles. The number of halogens is 1. The predicted molar refractivity (Wildman–Crippen MR) is 74.0 cm³/mol. The van der Waals surface area contributed by atoms with Gasteiger partial charge in [-0.05, 0) is 43.4 Å². The van der Waals surface area contributed by atoms with Gasteiger partial charge in [-0.3, -0.25) is 4.79 Å². The average Bonchev–Trinajstić information content (AvgIpc) is 2.75. The van der Waals surface area contributed by atoms with Gasteiger partial charge in [-0.15, -0.1) is 0 Å². The maximum absolute atomic E-state index is 11.9. The molecule has 0 aromatic heterocycles. The summed E-state index contributed by atoms with van der Waals surface area (Å²) in [5.74, 6) is 0.0787. The second kappa shape index (κ2) is 6.34. The molecule has 0 radical (unpaired) electrons. The average molecular weight is 312 g/mol. The highest BCUT2D eigenvalue weighted by molar-refractivity contribution is 9.10. The summed E-state index contributed by atoms with van der Waals surface area (Å²) < 4.78 is 1.07. The number of amides is 1. The van der Waals surface area contributed by atoms with E-state index in [0.717, 1.165) is 30.2 Å². The number of aliphatic hydroxyl groups is 1. The maximum atomic E-state index is 11.9. The van der Waals surface area contributed by atoms with E-state index in [1.54, 1.807) is 4.90 Å². The van der Waals surface area contributed by atoms with Crippen molar-refractivity contribution in [3.8, 4) is 0 Å². The molecule has 1 aliphatic rings. The van der Waals surface area contributed by atoms with Gasteiger partial charge in [0, 0.05) is 17.4 Å². The number of aryl methyl sites for hydroxylation is 1. The van der Waals surface area contributed by atoms with Crippen LogP contribution in [0.15, 0.2) is 28.7 Å². The third-order valence-electron chi connectivity index (χ3n) is 3.29.